The molecule has 2 heterocycles. The van der Waals surface area contributed by atoms with E-state index in [9.17, 15) is 35.7 Å². The molecule has 0 amide bonds. The van der Waals surface area contributed by atoms with Crippen LogP contribution in [0, 0.1) is 45.3 Å². The summed E-state index contributed by atoms with van der Waals surface area (Å²) in [6, 6.07) is 0. The fraction of sp³-hybridized carbons (Fsp3) is 1.00. The smallest absolute Gasteiger partial charge is 0.186 e. The van der Waals surface area contributed by atoms with Gasteiger partial charge in [-0.2, -0.15) is 0 Å². The van der Waals surface area contributed by atoms with Gasteiger partial charge < -0.3 is 50.0 Å². The summed E-state index contributed by atoms with van der Waals surface area (Å²) >= 11 is 0. The third-order valence-electron chi connectivity index (χ3n) is 15.3. The van der Waals surface area contributed by atoms with Crippen LogP contribution in [0.4, 0.5) is 0 Å². The zero-order valence-corrected chi connectivity index (χ0v) is 29.2. The Labute approximate surface area is 274 Å². The standard InChI is InChI=1S/C36H62O10/c1-31(2)22-10-14-34(6)23(33(22,5)12-11-24(31)45-30-28(42)27(41)26(40)21(17-37)44-30)15-19(38)25-18(9-13-35(25,34)7)36(8)16-20(39)29(46-36)32(3,4)43/h18-30,37-43H,9-17H2,1-8H3. The van der Waals surface area contributed by atoms with Gasteiger partial charge >= 0.3 is 0 Å². The number of hydrogen-bond acceptors (Lipinski definition) is 10. The maximum Gasteiger partial charge on any atom is 0.186 e. The third kappa shape index (κ3) is 4.94. The topological polar surface area (TPSA) is 169 Å². The molecule has 0 aromatic rings. The monoisotopic (exact) mass is 654 g/mol. The van der Waals surface area contributed by atoms with Crippen molar-refractivity contribution in [3.05, 3.63) is 0 Å². The lowest BCUT2D eigenvalue weighted by molar-refractivity contribution is -0.332. The molecule has 10 heteroatoms. The number of aliphatic hydroxyl groups is 7. The highest BCUT2D eigenvalue weighted by Crippen LogP contribution is 2.76. The zero-order valence-electron chi connectivity index (χ0n) is 29.2. The summed E-state index contributed by atoms with van der Waals surface area (Å²) in [5, 5.41) is 74.9. The summed E-state index contributed by atoms with van der Waals surface area (Å²) in [4.78, 5) is 0. The molecule has 4 aliphatic carbocycles. The molecule has 7 N–H and O–H groups in total. The van der Waals surface area contributed by atoms with E-state index in [-0.39, 0.29) is 51.4 Å². The lowest BCUT2D eigenvalue weighted by atomic mass is 9.35. The molecule has 10 nitrogen and oxygen atoms in total. The highest BCUT2D eigenvalue weighted by Gasteiger charge is 2.72. The van der Waals surface area contributed by atoms with E-state index in [2.05, 4.69) is 41.5 Å². The highest BCUT2D eigenvalue weighted by atomic mass is 16.7. The fourth-order valence-electron chi connectivity index (χ4n) is 12.8. The molecule has 46 heavy (non-hydrogen) atoms. The van der Waals surface area contributed by atoms with Crippen molar-refractivity contribution in [1.82, 2.24) is 0 Å². The molecule has 17 atom stereocenters. The molecule has 6 rings (SSSR count). The first kappa shape index (κ1) is 35.4. The van der Waals surface area contributed by atoms with Crippen LogP contribution < -0.4 is 0 Å². The van der Waals surface area contributed by atoms with Gasteiger partial charge in [0.25, 0.3) is 0 Å². The van der Waals surface area contributed by atoms with Crippen LogP contribution in [0.1, 0.15) is 107 Å². The van der Waals surface area contributed by atoms with E-state index in [4.69, 9.17) is 14.2 Å². The molecule has 0 radical (unpaired) electrons. The Morgan fingerprint density at radius 1 is 0.783 bits per heavy atom. The summed E-state index contributed by atoms with van der Waals surface area (Å²) in [6.45, 7) is 16.7. The minimum Gasteiger partial charge on any atom is -0.394 e. The Morgan fingerprint density at radius 3 is 2.04 bits per heavy atom. The number of hydrogen-bond donors (Lipinski definition) is 7. The van der Waals surface area contributed by atoms with Gasteiger partial charge in [-0.1, -0.05) is 34.6 Å². The minimum absolute atomic E-state index is 0.0127. The van der Waals surface area contributed by atoms with Gasteiger partial charge in [0, 0.05) is 6.42 Å². The number of rotatable bonds is 5. The van der Waals surface area contributed by atoms with Gasteiger partial charge in [-0.25, -0.2) is 0 Å². The second-order valence-electron chi connectivity index (χ2n) is 18.4. The zero-order chi connectivity index (χ0) is 34.0. The molecular weight excluding hydrogens is 592 g/mol. The van der Waals surface area contributed by atoms with Crippen molar-refractivity contribution in [3.63, 3.8) is 0 Å². The van der Waals surface area contributed by atoms with Gasteiger partial charge in [0.1, 0.15) is 30.5 Å². The predicted octanol–water partition coefficient (Wildman–Crippen LogP) is 2.51. The normalized spacial score (nSPS) is 57.1. The van der Waals surface area contributed by atoms with Crippen LogP contribution >= 0.6 is 0 Å². The molecule has 0 bridgehead atoms. The van der Waals surface area contributed by atoms with Gasteiger partial charge in [0.05, 0.1) is 36.1 Å². The Bertz CT molecular complexity index is 1140. The lowest BCUT2D eigenvalue weighted by Crippen LogP contribution is -2.67. The van der Waals surface area contributed by atoms with Gasteiger partial charge in [-0.05, 0) is 111 Å². The van der Waals surface area contributed by atoms with E-state index in [0.29, 0.717) is 12.8 Å². The van der Waals surface area contributed by atoms with Crippen molar-refractivity contribution in [2.45, 2.75) is 173 Å². The van der Waals surface area contributed by atoms with Crippen molar-refractivity contribution in [2.75, 3.05) is 6.61 Å². The molecule has 4 saturated carbocycles. The van der Waals surface area contributed by atoms with E-state index in [1.807, 2.05) is 0 Å². The highest BCUT2D eigenvalue weighted by molar-refractivity contribution is 5.21. The molecule has 0 spiro atoms. The van der Waals surface area contributed by atoms with E-state index in [1.165, 1.54) is 0 Å². The third-order valence-corrected chi connectivity index (χ3v) is 15.3. The average Bonchev–Trinajstić information content (AvgIpc) is 3.50. The number of aliphatic hydroxyl groups excluding tert-OH is 6. The summed E-state index contributed by atoms with van der Waals surface area (Å²) in [7, 11) is 0. The van der Waals surface area contributed by atoms with Gasteiger partial charge in [0.2, 0.25) is 0 Å². The van der Waals surface area contributed by atoms with Crippen LogP contribution in [-0.2, 0) is 14.2 Å². The first-order valence-electron chi connectivity index (χ1n) is 17.9. The quantitative estimate of drug-likeness (QED) is 0.219. The molecule has 6 aliphatic rings. The van der Waals surface area contributed by atoms with E-state index in [1.54, 1.807) is 13.8 Å². The summed E-state index contributed by atoms with van der Waals surface area (Å²) in [5.41, 5.74) is -2.28. The molecule has 0 aromatic carbocycles. The summed E-state index contributed by atoms with van der Waals surface area (Å²) < 4.78 is 18.8. The Kier molecular flexibility index (Phi) is 8.71. The molecule has 17 unspecified atom stereocenters. The van der Waals surface area contributed by atoms with E-state index >= 15 is 0 Å². The van der Waals surface area contributed by atoms with Crippen LogP contribution in [0.25, 0.3) is 0 Å². The number of fused-ring (bicyclic) bond motifs is 5. The second-order valence-corrected chi connectivity index (χ2v) is 18.4. The maximum atomic E-state index is 12.2. The van der Waals surface area contributed by atoms with Crippen molar-refractivity contribution >= 4 is 0 Å². The maximum absolute atomic E-state index is 12.2. The summed E-state index contributed by atoms with van der Waals surface area (Å²) in [6.07, 6.45) is -1.96. The van der Waals surface area contributed by atoms with Crippen molar-refractivity contribution in [3.8, 4) is 0 Å². The largest absolute Gasteiger partial charge is 0.394 e. The molecule has 266 valence electrons. The second kappa shape index (κ2) is 11.3. The van der Waals surface area contributed by atoms with E-state index < -0.39 is 66.8 Å². The van der Waals surface area contributed by atoms with Crippen LogP contribution in [0.15, 0.2) is 0 Å². The SMILES string of the molecule is CC(C)(O)C1OC(C)(C2CCC3(C)C2C(O)CC2C4(C)CCC(OC5OC(CO)C(O)C(O)C5O)C(C)(C)C4CCC23C)CC1O. The fourth-order valence-corrected chi connectivity index (χ4v) is 12.8. The number of ether oxygens (including phenoxy) is 3. The van der Waals surface area contributed by atoms with Crippen LogP contribution in [0.5, 0.6) is 0 Å². The van der Waals surface area contributed by atoms with Gasteiger partial charge in [0.15, 0.2) is 6.29 Å². The van der Waals surface area contributed by atoms with E-state index in [0.717, 1.165) is 38.5 Å². The lowest BCUT2D eigenvalue weighted by Gasteiger charge is -2.70. The molecule has 0 aromatic heterocycles. The Balaban J connectivity index is 1.24. The van der Waals surface area contributed by atoms with Crippen molar-refractivity contribution < 1.29 is 50.0 Å². The Morgan fingerprint density at radius 2 is 1.43 bits per heavy atom. The predicted molar refractivity (Wildman–Crippen MR) is 169 cm³/mol. The minimum atomic E-state index is -1.47. The van der Waals surface area contributed by atoms with Crippen molar-refractivity contribution in [1.29, 1.82) is 0 Å². The molecular formula is C36H62O10. The van der Waals surface area contributed by atoms with Gasteiger partial charge in [-0.3, -0.25) is 0 Å². The molecule has 2 aliphatic heterocycles. The molecule has 2 saturated heterocycles. The first-order valence-corrected chi connectivity index (χ1v) is 17.9. The first-order chi connectivity index (χ1) is 21.2. The van der Waals surface area contributed by atoms with Crippen molar-refractivity contribution in [2.24, 2.45) is 45.3 Å². The van der Waals surface area contributed by atoms with Gasteiger partial charge in [-0.15, -0.1) is 0 Å². The summed E-state index contributed by atoms with van der Waals surface area (Å²) in [5.74, 6) is 0.681. The Hall–Kier alpha value is -0.400. The molecule has 6 fully saturated rings. The van der Waals surface area contributed by atoms with Crippen LogP contribution in [0.2, 0.25) is 0 Å². The average molecular weight is 655 g/mol. The van der Waals surface area contributed by atoms with Crippen LogP contribution in [-0.4, -0.2) is 109 Å². The van der Waals surface area contributed by atoms with Crippen LogP contribution in [0.3, 0.4) is 0 Å².